The van der Waals surface area contributed by atoms with Crippen LogP contribution in [0.2, 0.25) is 0 Å². The lowest BCUT2D eigenvalue weighted by Gasteiger charge is -2.26. The van der Waals surface area contributed by atoms with Gasteiger partial charge in [0.1, 0.15) is 17.5 Å². The van der Waals surface area contributed by atoms with E-state index in [1.54, 1.807) is 4.57 Å². The Morgan fingerprint density at radius 3 is 2.52 bits per heavy atom. The summed E-state index contributed by atoms with van der Waals surface area (Å²) in [6, 6.07) is 3.17. The third kappa shape index (κ3) is 1.91. The molecule has 1 aromatic carbocycles. The molecular formula is C14H14F2N4O. The molecule has 21 heavy (non-hydrogen) atoms. The standard InChI is InChI=1S/C14H14F2N4O/c15-9-3-8(4-10(16)5-9)12-1-2-13-18-20(11-6-17-7-11)14(21)19(12)13/h3-5,11-12,17H,1-2,6-7H2/t12-/m0/s1. The average molecular weight is 292 g/mol. The Morgan fingerprint density at radius 2 is 1.90 bits per heavy atom. The molecule has 2 aliphatic rings. The molecule has 3 heterocycles. The van der Waals surface area contributed by atoms with Crippen LogP contribution in [-0.2, 0) is 6.42 Å². The predicted octanol–water partition coefficient (Wildman–Crippen LogP) is 1.00. The van der Waals surface area contributed by atoms with Gasteiger partial charge in [-0.3, -0.25) is 4.57 Å². The van der Waals surface area contributed by atoms with Crippen molar-refractivity contribution in [2.24, 2.45) is 0 Å². The Hall–Kier alpha value is -2.02. The maximum atomic E-state index is 13.4. The molecule has 7 heteroatoms. The number of nitrogens with zero attached hydrogens (tertiary/aromatic N) is 3. The van der Waals surface area contributed by atoms with Crippen LogP contribution >= 0.6 is 0 Å². The van der Waals surface area contributed by atoms with Gasteiger partial charge in [-0.2, -0.15) is 5.10 Å². The van der Waals surface area contributed by atoms with Crippen molar-refractivity contribution in [2.45, 2.75) is 24.9 Å². The SMILES string of the molecule is O=c1n(C2CNC2)nc2n1[C@H](c1cc(F)cc(F)c1)CC2. The molecule has 5 nitrogen and oxygen atoms in total. The molecule has 1 N–H and O–H groups in total. The molecule has 1 saturated heterocycles. The van der Waals surface area contributed by atoms with Gasteiger partial charge in [-0.15, -0.1) is 0 Å². The Bertz CT molecular complexity index is 743. The summed E-state index contributed by atoms with van der Waals surface area (Å²) in [5, 5.41) is 7.47. The highest BCUT2D eigenvalue weighted by molar-refractivity contribution is 5.24. The van der Waals surface area contributed by atoms with Crippen molar-refractivity contribution >= 4 is 0 Å². The molecule has 0 unspecified atom stereocenters. The van der Waals surface area contributed by atoms with Gasteiger partial charge in [0.15, 0.2) is 0 Å². The van der Waals surface area contributed by atoms with E-state index < -0.39 is 11.6 Å². The van der Waals surface area contributed by atoms with Crippen LogP contribution in [-0.4, -0.2) is 27.4 Å². The highest BCUT2D eigenvalue weighted by Crippen LogP contribution is 2.30. The molecule has 0 bridgehead atoms. The van der Waals surface area contributed by atoms with Crippen LogP contribution in [0, 0.1) is 11.6 Å². The van der Waals surface area contributed by atoms with Gasteiger partial charge in [-0.1, -0.05) is 0 Å². The number of aryl methyl sites for hydroxylation is 1. The van der Waals surface area contributed by atoms with Crippen LogP contribution in [0.3, 0.4) is 0 Å². The molecule has 0 amide bonds. The van der Waals surface area contributed by atoms with E-state index in [2.05, 4.69) is 10.4 Å². The number of hydrogen-bond donors (Lipinski definition) is 1. The monoisotopic (exact) mass is 292 g/mol. The zero-order chi connectivity index (χ0) is 14.6. The maximum absolute atomic E-state index is 13.4. The fourth-order valence-electron chi connectivity index (χ4n) is 3.08. The summed E-state index contributed by atoms with van der Waals surface area (Å²) in [6.45, 7) is 1.46. The van der Waals surface area contributed by atoms with Crippen LogP contribution in [0.25, 0.3) is 0 Å². The summed E-state index contributed by atoms with van der Waals surface area (Å²) < 4.78 is 29.9. The van der Waals surface area contributed by atoms with Gasteiger partial charge in [-0.05, 0) is 24.1 Å². The third-order valence-electron chi connectivity index (χ3n) is 4.23. The Morgan fingerprint density at radius 1 is 1.19 bits per heavy atom. The van der Waals surface area contributed by atoms with Gasteiger partial charge in [0.05, 0.1) is 12.1 Å². The summed E-state index contributed by atoms with van der Waals surface area (Å²) in [5.74, 6) is -0.550. The van der Waals surface area contributed by atoms with Crippen LogP contribution in [0.15, 0.2) is 23.0 Å². The van der Waals surface area contributed by atoms with Crippen LogP contribution in [0.1, 0.15) is 29.9 Å². The quantitative estimate of drug-likeness (QED) is 0.898. The first-order valence-electron chi connectivity index (χ1n) is 7.00. The third-order valence-corrected chi connectivity index (χ3v) is 4.23. The summed E-state index contributed by atoms with van der Waals surface area (Å²) in [4.78, 5) is 12.5. The minimum absolute atomic E-state index is 0.0838. The summed E-state index contributed by atoms with van der Waals surface area (Å²) >= 11 is 0. The van der Waals surface area contributed by atoms with E-state index in [4.69, 9.17) is 0 Å². The van der Waals surface area contributed by atoms with Gasteiger partial charge in [0.25, 0.3) is 0 Å². The topological polar surface area (TPSA) is 51.9 Å². The van der Waals surface area contributed by atoms with E-state index in [0.29, 0.717) is 24.2 Å². The second-order valence-corrected chi connectivity index (χ2v) is 5.58. The number of hydrogen-bond acceptors (Lipinski definition) is 3. The first-order valence-corrected chi connectivity index (χ1v) is 7.00. The molecule has 1 fully saturated rings. The molecular weight excluding hydrogens is 278 g/mol. The maximum Gasteiger partial charge on any atom is 0.346 e. The first-order chi connectivity index (χ1) is 10.1. The highest BCUT2D eigenvalue weighted by Gasteiger charge is 2.32. The molecule has 0 radical (unpaired) electrons. The molecule has 0 aliphatic carbocycles. The fraction of sp³-hybridized carbons (Fsp3) is 0.429. The van der Waals surface area contributed by atoms with E-state index in [9.17, 15) is 13.6 Å². The lowest BCUT2D eigenvalue weighted by atomic mass is 10.0. The normalized spacial score (nSPS) is 21.3. The minimum Gasteiger partial charge on any atom is -0.312 e. The van der Waals surface area contributed by atoms with Crippen LogP contribution in [0.4, 0.5) is 8.78 Å². The van der Waals surface area contributed by atoms with Gasteiger partial charge < -0.3 is 5.32 Å². The van der Waals surface area contributed by atoms with Crippen molar-refractivity contribution in [3.8, 4) is 0 Å². The van der Waals surface area contributed by atoms with Gasteiger partial charge in [0.2, 0.25) is 0 Å². The summed E-state index contributed by atoms with van der Waals surface area (Å²) in [7, 11) is 0. The number of rotatable bonds is 2. The summed E-state index contributed by atoms with van der Waals surface area (Å²) in [5.41, 5.74) is 0.295. The average Bonchev–Trinajstić information content (AvgIpc) is 2.89. The fourth-order valence-corrected chi connectivity index (χ4v) is 3.08. The van der Waals surface area contributed by atoms with Gasteiger partial charge >= 0.3 is 5.69 Å². The van der Waals surface area contributed by atoms with Crippen LogP contribution < -0.4 is 11.0 Å². The second-order valence-electron chi connectivity index (χ2n) is 5.58. The smallest absolute Gasteiger partial charge is 0.312 e. The first kappa shape index (κ1) is 12.7. The van der Waals surface area contributed by atoms with E-state index in [1.165, 1.54) is 16.8 Å². The van der Waals surface area contributed by atoms with Crippen molar-refractivity contribution in [1.29, 1.82) is 0 Å². The van der Waals surface area contributed by atoms with E-state index in [-0.39, 0.29) is 17.8 Å². The zero-order valence-corrected chi connectivity index (χ0v) is 11.2. The Balaban J connectivity index is 1.78. The predicted molar refractivity (Wildman–Crippen MR) is 71.2 cm³/mol. The van der Waals surface area contributed by atoms with E-state index in [1.807, 2.05) is 0 Å². The van der Waals surface area contributed by atoms with Gasteiger partial charge in [-0.25, -0.2) is 18.3 Å². The van der Waals surface area contributed by atoms with Crippen molar-refractivity contribution < 1.29 is 8.78 Å². The van der Waals surface area contributed by atoms with E-state index >= 15 is 0 Å². The molecule has 0 saturated carbocycles. The number of fused-ring (bicyclic) bond motifs is 1. The van der Waals surface area contributed by atoms with Gasteiger partial charge in [0, 0.05) is 25.6 Å². The van der Waals surface area contributed by atoms with Crippen molar-refractivity contribution in [3.63, 3.8) is 0 Å². The molecule has 0 spiro atoms. The number of nitrogens with one attached hydrogen (secondary N) is 1. The summed E-state index contributed by atoms with van der Waals surface area (Å²) in [6.07, 6.45) is 1.29. The molecule has 4 rings (SSSR count). The molecule has 1 atom stereocenters. The number of aromatic nitrogens is 3. The number of benzene rings is 1. The molecule has 1 aromatic heterocycles. The second kappa shape index (κ2) is 4.49. The lowest BCUT2D eigenvalue weighted by molar-refractivity contribution is 0.305. The van der Waals surface area contributed by atoms with E-state index in [0.717, 1.165) is 19.2 Å². The van der Waals surface area contributed by atoms with Crippen molar-refractivity contribution in [1.82, 2.24) is 19.7 Å². The minimum atomic E-state index is -0.623. The van der Waals surface area contributed by atoms with Crippen LogP contribution in [0.5, 0.6) is 0 Å². The largest absolute Gasteiger partial charge is 0.346 e. The molecule has 2 aliphatic heterocycles. The zero-order valence-electron chi connectivity index (χ0n) is 11.2. The Labute approximate surface area is 119 Å². The van der Waals surface area contributed by atoms with Crippen molar-refractivity contribution in [2.75, 3.05) is 13.1 Å². The molecule has 110 valence electrons. The van der Waals surface area contributed by atoms with Crippen molar-refractivity contribution in [3.05, 3.63) is 51.7 Å². The highest BCUT2D eigenvalue weighted by atomic mass is 19.1. The number of halogens is 2. The lowest BCUT2D eigenvalue weighted by Crippen LogP contribution is -2.47. The Kier molecular flexibility index (Phi) is 2.72. The molecule has 2 aromatic rings.